The minimum atomic E-state index is 0.0888. The normalized spacial score (nSPS) is 34.8. The first-order valence-electron chi connectivity index (χ1n) is 6.95. The zero-order valence-electron chi connectivity index (χ0n) is 10.8. The van der Waals surface area contributed by atoms with E-state index < -0.39 is 0 Å². The van der Waals surface area contributed by atoms with Crippen molar-refractivity contribution in [3.05, 3.63) is 0 Å². The molecular weight excluding hydrogens is 214 g/mol. The van der Waals surface area contributed by atoms with Gasteiger partial charge in [0.25, 0.3) is 0 Å². The number of hydrogen-bond acceptors (Lipinski definition) is 3. The highest BCUT2D eigenvalue weighted by molar-refractivity contribution is 5.81. The second kappa shape index (κ2) is 5.83. The Hall–Kier alpha value is -0.610. The summed E-state index contributed by atoms with van der Waals surface area (Å²) in [6, 6.07) is 0.633. The van der Waals surface area contributed by atoms with E-state index in [1.54, 1.807) is 7.05 Å². The van der Waals surface area contributed by atoms with Crippen molar-refractivity contribution in [2.45, 2.75) is 50.6 Å². The number of nitrogens with one attached hydrogen (secondary N) is 1. The van der Waals surface area contributed by atoms with Gasteiger partial charge in [-0.15, -0.1) is 0 Å². The van der Waals surface area contributed by atoms with Crippen molar-refractivity contribution in [3.8, 4) is 0 Å². The molecule has 4 nitrogen and oxygen atoms in total. The molecule has 3 N–H and O–H groups in total. The zero-order valence-corrected chi connectivity index (χ0v) is 10.8. The minimum Gasteiger partial charge on any atom is -0.358 e. The first kappa shape index (κ1) is 12.8. The fourth-order valence-corrected chi connectivity index (χ4v) is 3.53. The van der Waals surface area contributed by atoms with E-state index in [9.17, 15) is 4.79 Å². The molecule has 0 aromatic rings. The Balaban J connectivity index is 2.07. The zero-order chi connectivity index (χ0) is 12.3. The SMILES string of the molecule is CNC(=O)C1CCCCN1C1CCCC1CN. The predicted molar refractivity (Wildman–Crippen MR) is 68.6 cm³/mol. The van der Waals surface area contributed by atoms with Gasteiger partial charge in [0.15, 0.2) is 0 Å². The highest BCUT2D eigenvalue weighted by atomic mass is 16.2. The number of hydrogen-bond donors (Lipinski definition) is 2. The van der Waals surface area contributed by atoms with E-state index in [0.717, 1.165) is 19.5 Å². The molecule has 0 aromatic carbocycles. The predicted octanol–water partition coefficient (Wildman–Crippen LogP) is 0.714. The van der Waals surface area contributed by atoms with Crippen molar-refractivity contribution in [1.29, 1.82) is 0 Å². The van der Waals surface area contributed by atoms with Crippen LogP contribution in [0.2, 0.25) is 0 Å². The summed E-state index contributed by atoms with van der Waals surface area (Å²) < 4.78 is 0. The fourth-order valence-electron chi connectivity index (χ4n) is 3.53. The van der Waals surface area contributed by atoms with Crippen LogP contribution in [0.5, 0.6) is 0 Å². The maximum absolute atomic E-state index is 11.9. The number of piperidine rings is 1. The van der Waals surface area contributed by atoms with E-state index >= 15 is 0 Å². The Morgan fingerprint density at radius 3 is 2.82 bits per heavy atom. The Labute approximate surface area is 104 Å². The molecule has 4 heteroatoms. The van der Waals surface area contributed by atoms with E-state index in [0.29, 0.717) is 12.0 Å². The van der Waals surface area contributed by atoms with Crippen molar-refractivity contribution < 1.29 is 4.79 Å². The quantitative estimate of drug-likeness (QED) is 0.763. The van der Waals surface area contributed by atoms with E-state index in [1.165, 1.54) is 32.1 Å². The Morgan fingerprint density at radius 2 is 2.12 bits per heavy atom. The molecule has 0 aromatic heterocycles. The minimum absolute atomic E-state index is 0.0888. The summed E-state index contributed by atoms with van der Waals surface area (Å²) in [5.41, 5.74) is 5.86. The third kappa shape index (κ3) is 2.63. The molecule has 1 aliphatic carbocycles. The number of carbonyl (C=O) groups is 1. The highest BCUT2D eigenvalue weighted by Gasteiger charge is 2.38. The molecule has 1 saturated carbocycles. The summed E-state index contributed by atoms with van der Waals surface area (Å²) in [4.78, 5) is 14.4. The number of amides is 1. The van der Waals surface area contributed by atoms with E-state index in [2.05, 4.69) is 10.2 Å². The molecule has 1 amide bonds. The molecule has 1 heterocycles. The van der Waals surface area contributed by atoms with Crippen molar-refractivity contribution in [3.63, 3.8) is 0 Å². The van der Waals surface area contributed by atoms with E-state index in [1.807, 2.05) is 0 Å². The van der Waals surface area contributed by atoms with Crippen molar-refractivity contribution in [2.75, 3.05) is 20.1 Å². The van der Waals surface area contributed by atoms with Crippen molar-refractivity contribution in [2.24, 2.45) is 11.7 Å². The van der Waals surface area contributed by atoms with Gasteiger partial charge in [-0.2, -0.15) is 0 Å². The van der Waals surface area contributed by atoms with Gasteiger partial charge in [0.1, 0.15) is 0 Å². The Bertz CT molecular complexity index is 269. The second-order valence-electron chi connectivity index (χ2n) is 5.36. The molecule has 0 radical (unpaired) electrons. The first-order chi connectivity index (χ1) is 8.27. The van der Waals surface area contributed by atoms with Crippen molar-refractivity contribution in [1.82, 2.24) is 10.2 Å². The number of likely N-dealkylation sites (N-methyl/N-ethyl adjacent to an activating group) is 1. The number of nitrogens with zero attached hydrogens (tertiary/aromatic N) is 1. The maximum atomic E-state index is 11.9. The van der Waals surface area contributed by atoms with Gasteiger partial charge in [0, 0.05) is 13.1 Å². The topological polar surface area (TPSA) is 58.4 Å². The van der Waals surface area contributed by atoms with Crippen molar-refractivity contribution >= 4 is 5.91 Å². The summed E-state index contributed by atoms with van der Waals surface area (Å²) in [5.74, 6) is 0.785. The lowest BCUT2D eigenvalue weighted by molar-refractivity contribution is -0.128. The molecule has 1 saturated heterocycles. The van der Waals surface area contributed by atoms with Gasteiger partial charge in [0.05, 0.1) is 6.04 Å². The molecule has 1 aliphatic heterocycles. The molecule has 2 fully saturated rings. The summed E-state index contributed by atoms with van der Waals surface area (Å²) >= 11 is 0. The smallest absolute Gasteiger partial charge is 0.237 e. The van der Waals surface area contributed by atoms with Crippen LogP contribution >= 0.6 is 0 Å². The highest BCUT2D eigenvalue weighted by Crippen LogP contribution is 2.33. The van der Waals surface area contributed by atoms with Gasteiger partial charge in [-0.25, -0.2) is 0 Å². The number of carbonyl (C=O) groups excluding carboxylic acids is 1. The average molecular weight is 239 g/mol. The standard InChI is InChI=1S/C13H25N3O/c1-15-13(17)12-6-2-3-8-16(12)11-7-4-5-10(11)9-14/h10-12H,2-9,14H2,1H3,(H,15,17). The molecule has 2 rings (SSSR count). The lowest BCUT2D eigenvalue weighted by Crippen LogP contribution is -2.54. The maximum Gasteiger partial charge on any atom is 0.237 e. The third-order valence-electron chi connectivity index (χ3n) is 4.44. The van der Waals surface area contributed by atoms with Crippen LogP contribution < -0.4 is 11.1 Å². The Morgan fingerprint density at radius 1 is 1.29 bits per heavy atom. The van der Waals surface area contributed by atoms with Crippen LogP contribution in [0, 0.1) is 5.92 Å². The molecular formula is C13H25N3O. The molecule has 0 bridgehead atoms. The van der Waals surface area contributed by atoms with E-state index in [-0.39, 0.29) is 11.9 Å². The van der Waals surface area contributed by atoms with Crippen LogP contribution in [0.4, 0.5) is 0 Å². The lowest BCUT2D eigenvalue weighted by Gasteiger charge is -2.41. The van der Waals surface area contributed by atoms with Gasteiger partial charge in [-0.3, -0.25) is 9.69 Å². The van der Waals surface area contributed by atoms with Gasteiger partial charge >= 0.3 is 0 Å². The van der Waals surface area contributed by atoms with Gasteiger partial charge < -0.3 is 11.1 Å². The van der Waals surface area contributed by atoms with Crippen LogP contribution in [-0.4, -0.2) is 43.0 Å². The number of likely N-dealkylation sites (tertiary alicyclic amines) is 1. The average Bonchev–Trinajstić information content (AvgIpc) is 2.86. The van der Waals surface area contributed by atoms with Gasteiger partial charge in [-0.1, -0.05) is 12.8 Å². The largest absolute Gasteiger partial charge is 0.358 e. The molecule has 2 aliphatic rings. The first-order valence-corrected chi connectivity index (χ1v) is 6.95. The number of nitrogens with two attached hydrogens (primary N) is 1. The third-order valence-corrected chi connectivity index (χ3v) is 4.44. The lowest BCUT2D eigenvalue weighted by atomic mass is 9.94. The van der Waals surface area contributed by atoms with Crippen LogP contribution in [0.25, 0.3) is 0 Å². The van der Waals surface area contributed by atoms with Crippen LogP contribution in [-0.2, 0) is 4.79 Å². The molecule has 17 heavy (non-hydrogen) atoms. The molecule has 3 unspecified atom stereocenters. The second-order valence-corrected chi connectivity index (χ2v) is 5.36. The summed E-state index contributed by atoms with van der Waals surface area (Å²) in [7, 11) is 1.74. The fraction of sp³-hybridized carbons (Fsp3) is 0.923. The van der Waals surface area contributed by atoms with Crippen LogP contribution in [0.15, 0.2) is 0 Å². The van der Waals surface area contributed by atoms with Gasteiger partial charge in [-0.05, 0) is 44.7 Å². The molecule has 3 atom stereocenters. The molecule has 0 spiro atoms. The summed E-state index contributed by atoms with van der Waals surface area (Å²) in [6.45, 7) is 1.83. The molecule has 98 valence electrons. The van der Waals surface area contributed by atoms with Gasteiger partial charge in [0.2, 0.25) is 5.91 Å². The van der Waals surface area contributed by atoms with Crippen LogP contribution in [0.3, 0.4) is 0 Å². The number of rotatable bonds is 3. The Kier molecular flexibility index (Phi) is 4.40. The summed E-state index contributed by atoms with van der Waals surface area (Å²) in [6.07, 6.45) is 7.13. The van der Waals surface area contributed by atoms with E-state index in [4.69, 9.17) is 5.73 Å². The van der Waals surface area contributed by atoms with Crippen LogP contribution in [0.1, 0.15) is 38.5 Å². The monoisotopic (exact) mass is 239 g/mol. The summed E-state index contributed by atoms with van der Waals surface area (Å²) in [5, 5.41) is 2.81.